The van der Waals surface area contributed by atoms with Crippen LogP contribution in [0, 0.1) is 11.8 Å². The Balaban J connectivity index is 3.16. The summed E-state index contributed by atoms with van der Waals surface area (Å²) >= 11 is 0. The average Bonchev–Trinajstić information content (AvgIpc) is 2.74. The van der Waals surface area contributed by atoms with E-state index in [1.54, 1.807) is 40.7 Å². The van der Waals surface area contributed by atoms with Gasteiger partial charge in [-0.25, -0.2) is 9.59 Å². The van der Waals surface area contributed by atoms with Crippen molar-refractivity contribution in [1.29, 1.82) is 0 Å². The molecule has 0 saturated carbocycles. The summed E-state index contributed by atoms with van der Waals surface area (Å²) in [6.07, 6.45) is 1.01. The predicted molar refractivity (Wildman–Crippen MR) is 133 cm³/mol. The van der Waals surface area contributed by atoms with Gasteiger partial charge in [-0.2, -0.15) is 0 Å². The lowest BCUT2D eigenvalue weighted by Crippen LogP contribution is -2.52. The van der Waals surface area contributed by atoms with Crippen LogP contribution in [0.3, 0.4) is 0 Å². The first kappa shape index (κ1) is 29.7. The van der Waals surface area contributed by atoms with Crippen LogP contribution in [0.15, 0.2) is 42.1 Å². The number of alkyl carbamates (subject to hydrolysis) is 1. The normalized spacial score (nSPS) is 13.6. The zero-order valence-electron chi connectivity index (χ0n) is 21.9. The van der Waals surface area contributed by atoms with Crippen LogP contribution in [-0.4, -0.2) is 48.7 Å². The van der Waals surface area contributed by atoms with E-state index in [2.05, 4.69) is 16.0 Å². The van der Waals surface area contributed by atoms with E-state index in [1.807, 2.05) is 44.2 Å². The molecule has 9 nitrogen and oxygen atoms in total. The SMILES string of the molecule is COC(=O)C(NC(=O)/C(=C\C(C)C)NC(=O)C(Cc1ccccc1)NC(=O)OC(C)(C)C)C(C)C. The molecule has 0 fully saturated rings. The number of hydrogen-bond donors (Lipinski definition) is 3. The van der Waals surface area contributed by atoms with Crippen molar-refractivity contribution in [2.75, 3.05) is 7.11 Å². The van der Waals surface area contributed by atoms with Crippen molar-refractivity contribution in [1.82, 2.24) is 16.0 Å². The minimum atomic E-state index is -1.02. The summed E-state index contributed by atoms with van der Waals surface area (Å²) in [6.45, 7) is 12.4. The zero-order valence-corrected chi connectivity index (χ0v) is 21.9. The van der Waals surface area contributed by atoms with E-state index in [1.165, 1.54) is 7.11 Å². The van der Waals surface area contributed by atoms with Gasteiger partial charge in [-0.3, -0.25) is 9.59 Å². The van der Waals surface area contributed by atoms with Crippen LogP contribution in [0.2, 0.25) is 0 Å². The third-order valence-corrected chi connectivity index (χ3v) is 4.70. The number of nitrogens with one attached hydrogen (secondary N) is 3. The fourth-order valence-electron chi connectivity index (χ4n) is 3.08. The monoisotopic (exact) mass is 489 g/mol. The van der Waals surface area contributed by atoms with Gasteiger partial charge < -0.3 is 25.4 Å². The van der Waals surface area contributed by atoms with E-state index in [-0.39, 0.29) is 24.0 Å². The molecule has 0 aliphatic rings. The lowest BCUT2D eigenvalue weighted by molar-refractivity contribution is -0.146. The molecule has 0 aliphatic heterocycles. The van der Waals surface area contributed by atoms with Gasteiger partial charge in [0, 0.05) is 6.42 Å². The molecule has 0 heterocycles. The Kier molecular flexibility index (Phi) is 11.5. The van der Waals surface area contributed by atoms with E-state index < -0.39 is 41.6 Å². The second-order valence-electron chi connectivity index (χ2n) is 9.92. The Morgan fingerprint density at radius 3 is 2.06 bits per heavy atom. The highest BCUT2D eigenvalue weighted by Crippen LogP contribution is 2.11. The van der Waals surface area contributed by atoms with Crippen LogP contribution >= 0.6 is 0 Å². The largest absolute Gasteiger partial charge is 0.467 e. The molecule has 2 atom stereocenters. The van der Waals surface area contributed by atoms with Crippen LogP contribution in [0.5, 0.6) is 0 Å². The number of esters is 1. The average molecular weight is 490 g/mol. The molecule has 1 rings (SSSR count). The van der Waals surface area contributed by atoms with Crippen LogP contribution < -0.4 is 16.0 Å². The van der Waals surface area contributed by atoms with E-state index in [0.717, 1.165) is 5.56 Å². The van der Waals surface area contributed by atoms with Gasteiger partial charge >= 0.3 is 12.1 Å². The van der Waals surface area contributed by atoms with Crippen LogP contribution in [0.4, 0.5) is 4.79 Å². The molecule has 0 aromatic heterocycles. The maximum absolute atomic E-state index is 13.3. The van der Waals surface area contributed by atoms with Gasteiger partial charge in [-0.15, -0.1) is 0 Å². The topological polar surface area (TPSA) is 123 Å². The predicted octanol–water partition coefficient (Wildman–Crippen LogP) is 3.09. The first-order chi connectivity index (χ1) is 16.2. The van der Waals surface area contributed by atoms with Crippen LogP contribution in [0.25, 0.3) is 0 Å². The van der Waals surface area contributed by atoms with Gasteiger partial charge in [0.2, 0.25) is 5.91 Å². The zero-order chi connectivity index (χ0) is 26.8. The van der Waals surface area contributed by atoms with Crippen molar-refractivity contribution >= 4 is 23.9 Å². The summed E-state index contributed by atoms with van der Waals surface area (Å²) in [7, 11) is 1.24. The number of carbonyl (C=O) groups is 4. The summed E-state index contributed by atoms with van der Waals surface area (Å²) < 4.78 is 10.1. The lowest BCUT2D eigenvalue weighted by atomic mass is 10.0. The highest BCUT2D eigenvalue weighted by atomic mass is 16.6. The van der Waals surface area contributed by atoms with Gasteiger partial charge in [0.1, 0.15) is 23.4 Å². The van der Waals surface area contributed by atoms with Gasteiger partial charge in [0.25, 0.3) is 5.91 Å². The second-order valence-corrected chi connectivity index (χ2v) is 9.92. The molecule has 35 heavy (non-hydrogen) atoms. The first-order valence-corrected chi connectivity index (χ1v) is 11.7. The fraction of sp³-hybridized carbons (Fsp3) is 0.538. The Labute approximate surface area is 208 Å². The molecule has 3 amide bonds. The number of amides is 3. The molecule has 1 aromatic rings. The van der Waals surface area contributed by atoms with E-state index in [4.69, 9.17) is 9.47 Å². The number of carbonyl (C=O) groups excluding carboxylic acids is 4. The minimum Gasteiger partial charge on any atom is -0.467 e. The molecule has 2 unspecified atom stereocenters. The summed E-state index contributed by atoms with van der Waals surface area (Å²) in [4.78, 5) is 50.8. The molecule has 0 spiro atoms. The number of rotatable bonds is 10. The molecule has 0 radical (unpaired) electrons. The number of ether oxygens (including phenoxy) is 2. The summed E-state index contributed by atoms with van der Waals surface area (Å²) in [5.74, 6) is -2.13. The maximum Gasteiger partial charge on any atom is 0.408 e. The maximum atomic E-state index is 13.3. The van der Waals surface area contributed by atoms with Gasteiger partial charge in [-0.1, -0.05) is 64.1 Å². The van der Waals surface area contributed by atoms with Crippen molar-refractivity contribution in [3.63, 3.8) is 0 Å². The lowest BCUT2D eigenvalue weighted by Gasteiger charge is -2.24. The second kappa shape index (κ2) is 13.5. The van der Waals surface area contributed by atoms with Crippen molar-refractivity contribution in [3.8, 4) is 0 Å². The highest BCUT2D eigenvalue weighted by molar-refractivity contribution is 6.00. The van der Waals surface area contributed by atoms with E-state index in [0.29, 0.717) is 0 Å². The quantitative estimate of drug-likeness (QED) is 0.343. The summed E-state index contributed by atoms with van der Waals surface area (Å²) in [6, 6.07) is 7.26. The van der Waals surface area contributed by atoms with Crippen LogP contribution in [0.1, 0.15) is 54.0 Å². The van der Waals surface area contributed by atoms with Crippen molar-refractivity contribution in [3.05, 3.63) is 47.7 Å². The van der Waals surface area contributed by atoms with Crippen molar-refractivity contribution < 1.29 is 28.7 Å². The standard InChI is InChI=1S/C26H39N3O6/c1-16(2)14-19(23(31)29-21(17(3)4)24(32)34-8)27-22(30)20(15-18-12-10-9-11-13-18)28-25(33)35-26(5,6)7/h9-14,16-17,20-21H,15H2,1-8H3,(H,27,30)(H,28,33)(H,29,31)/b19-14+. The molecular weight excluding hydrogens is 450 g/mol. The number of allylic oxidation sites excluding steroid dienone is 1. The van der Waals surface area contributed by atoms with Gasteiger partial charge in [0.15, 0.2) is 0 Å². The molecule has 0 bridgehead atoms. The Hall–Kier alpha value is -3.36. The smallest absolute Gasteiger partial charge is 0.408 e. The molecule has 1 aromatic carbocycles. The Morgan fingerprint density at radius 1 is 0.971 bits per heavy atom. The fourth-order valence-corrected chi connectivity index (χ4v) is 3.08. The minimum absolute atomic E-state index is 0.0244. The molecule has 3 N–H and O–H groups in total. The summed E-state index contributed by atoms with van der Waals surface area (Å²) in [5.41, 5.74) is 0.0388. The molecule has 0 aliphatic carbocycles. The van der Waals surface area contributed by atoms with E-state index >= 15 is 0 Å². The first-order valence-electron chi connectivity index (χ1n) is 11.7. The number of benzene rings is 1. The van der Waals surface area contributed by atoms with Gasteiger partial charge in [0.05, 0.1) is 7.11 Å². The molecule has 0 saturated heterocycles. The van der Waals surface area contributed by atoms with Crippen molar-refractivity contribution in [2.24, 2.45) is 11.8 Å². The van der Waals surface area contributed by atoms with E-state index in [9.17, 15) is 19.2 Å². The number of methoxy groups -OCH3 is 1. The Bertz CT molecular complexity index is 903. The molecular formula is C26H39N3O6. The van der Waals surface area contributed by atoms with Crippen molar-refractivity contribution in [2.45, 2.75) is 72.6 Å². The third-order valence-electron chi connectivity index (χ3n) is 4.70. The summed E-state index contributed by atoms with van der Waals surface area (Å²) in [5, 5.41) is 7.86. The Morgan fingerprint density at radius 2 is 1.57 bits per heavy atom. The van der Waals surface area contributed by atoms with Crippen LogP contribution in [-0.2, 0) is 30.3 Å². The molecule has 194 valence electrons. The highest BCUT2D eigenvalue weighted by Gasteiger charge is 2.29. The number of hydrogen-bond acceptors (Lipinski definition) is 6. The van der Waals surface area contributed by atoms with Gasteiger partial charge in [-0.05, 0) is 38.2 Å². The molecule has 9 heteroatoms. The third kappa shape index (κ3) is 11.1.